The maximum absolute atomic E-state index is 12.9. The van der Waals surface area contributed by atoms with Crippen LogP contribution in [0.5, 0.6) is 0 Å². The molecule has 0 spiro atoms. The van der Waals surface area contributed by atoms with Crippen molar-refractivity contribution in [2.24, 2.45) is 0 Å². The molecular weight excluding hydrogens is 1060 g/mol. The molecule has 0 saturated carbocycles. The first-order chi connectivity index (χ1) is 41.0. The van der Waals surface area contributed by atoms with Crippen molar-refractivity contribution in [1.29, 1.82) is 0 Å². The number of unbranched alkanes of at least 4 members (excludes halogenated alkanes) is 34. The summed E-state index contributed by atoms with van der Waals surface area (Å²) >= 11 is 0. The van der Waals surface area contributed by atoms with Crippen LogP contribution in [0.1, 0.15) is 309 Å². The molecule has 0 radical (unpaired) electrons. The van der Waals surface area contributed by atoms with E-state index in [1.165, 1.54) is 193 Å². The molecule has 0 aliphatic rings. The van der Waals surface area contributed by atoms with E-state index in [9.17, 15) is 19.0 Å². The molecule has 2 atom stereocenters. The topological polar surface area (TPSA) is 108 Å². The van der Waals surface area contributed by atoms with Crippen LogP contribution in [0.2, 0.25) is 0 Å². The molecule has 0 aliphatic heterocycles. The quantitative estimate of drug-likeness (QED) is 0.0211. The second-order valence-corrected chi connectivity index (χ2v) is 26.0. The molecule has 0 aromatic rings. The molecule has 84 heavy (non-hydrogen) atoms. The number of carbonyl (C=O) groups excluding carboxylic acids is 2. The number of phosphoric acid groups is 1. The minimum absolute atomic E-state index is 0.0295. The number of hydrogen-bond donors (Lipinski definition) is 1. The first-order valence-corrected chi connectivity index (χ1v) is 36.5. The Morgan fingerprint density at radius 1 is 0.381 bits per heavy atom. The number of allylic oxidation sites excluding steroid dienone is 16. The van der Waals surface area contributed by atoms with Gasteiger partial charge in [-0.1, -0.05) is 297 Å². The summed E-state index contributed by atoms with van der Waals surface area (Å²) < 4.78 is 34.7. The molecule has 0 aromatic carbocycles. The van der Waals surface area contributed by atoms with E-state index in [0.29, 0.717) is 17.4 Å². The first-order valence-electron chi connectivity index (χ1n) is 35.0. The Balaban J connectivity index is 4.05. The molecule has 0 fully saturated rings. The lowest BCUT2D eigenvalue weighted by atomic mass is 10.0. The highest BCUT2D eigenvalue weighted by atomic mass is 31.2. The summed E-state index contributed by atoms with van der Waals surface area (Å²) in [4.78, 5) is 35.9. The molecule has 0 heterocycles. The van der Waals surface area contributed by atoms with Crippen LogP contribution in [0.25, 0.3) is 0 Å². The van der Waals surface area contributed by atoms with Gasteiger partial charge in [0.25, 0.3) is 0 Å². The van der Waals surface area contributed by atoms with E-state index < -0.39 is 26.5 Å². The van der Waals surface area contributed by atoms with Gasteiger partial charge in [0.2, 0.25) is 0 Å². The van der Waals surface area contributed by atoms with Gasteiger partial charge in [0.1, 0.15) is 19.8 Å². The Morgan fingerprint density at radius 3 is 1.01 bits per heavy atom. The number of hydrogen-bond acceptors (Lipinski definition) is 7. The monoisotopic (exact) mass is 1190 g/mol. The van der Waals surface area contributed by atoms with E-state index in [0.717, 1.165) is 83.5 Å². The van der Waals surface area contributed by atoms with Gasteiger partial charge in [0.05, 0.1) is 27.7 Å². The molecule has 0 amide bonds. The van der Waals surface area contributed by atoms with Crippen LogP contribution in [0.4, 0.5) is 0 Å². The minimum Gasteiger partial charge on any atom is -0.462 e. The van der Waals surface area contributed by atoms with Crippen molar-refractivity contribution in [2.75, 3.05) is 47.5 Å². The van der Waals surface area contributed by atoms with Crippen LogP contribution in [0.15, 0.2) is 97.2 Å². The minimum atomic E-state index is -4.40. The van der Waals surface area contributed by atoms with Crippen molar-refractivity contribution in [2.45, 2.75) is 315 Å². The van der Waals surface area contributed by atoms with Crippen molar-refractivity contribution < 1.29 is 42.1 Å². The van der Waals surface area contributed by atoms with Gasteiger partial charge in [-0.3, -0.25) is 18.6 Å². The molecule has 486 valence electrons. The molecular formula is C74H133NO8P+. The summed E-state index contributed by atoms with van der Waals surface area (Å²) in [5, 5.41) is 0. The van der Waals surface area contributed by atoms with Crippen molar-refractivity contribution in [3.63, 3.8) is 0 Å². The van der Waals surface area contributed by atoms with Crippen molar-refractivity contribution >= 4 is 19.8 Å². The summed E-state index contributed by atoms with van der Waals surface area (Å²) in [5.41, 5.74) is 0. The van der Waals surface area contributed by atoms with Gasteiger partial charge in [0, 0.05) is 12.8 Å². The number of carbonyl (C=O) groups is 2. The number of rotatable bonds is 64. The van der Waals surface area contributed by atoms with Gasteiger partial charge in [0.15, 0.2) is 6.10 Å². The second-order valence-electron chi connectivity index (χ2n) is 24.5. The highest BCUT2D eigenvalue weighted by Crippen LogP contribution is 2.43. The smallest absolute Gasteiger partial charge is 0.462 e. The standard InChI is InChI=1S/C74H132NO8P/c1-6-8-10-12-14-16-18-20-22-24-26-28-30-32-34-35-36-37-38-39-41-43-45-47-49-51-53-55-57-59-61-63-65-67-74(77)83-72(71-82-84(78,79)81-69-68-75(3,4)5)70-80-73(76)66-64-62-60-58-56-54-52-50-48-46-44-42-40-33-31-29-27-25-23-21-19-17-15-13-11-9-7-2/h8,10,14,16,19-22,25-28,32,34,36-37,72H,6-7,9,11-13,15,17-18,23-24,29-31,33,35,38-71H2,1-5H3/p+1/b10-8-,16-14-,21-19-,22-20-,27-25-,28-26-,34-32-,37-36-. The van der Waals surface area contributed by atoms with E-state index in [4.69, 9.17) is 18.5 Å². The SMILES string of the molecule is CC/C=C\C/C=C\C/C=C\C/C=C\C/C=C\C/C=C\CCCCCCCCCCCCCCCCC(=O)OC(COC(=O)CCCCCCCCCCCCCCCCC/C=C\C/C=C\CCCCCCC)COP(=O)(O)OCC[N+](C)(C)C. The average Bonchev–Trinajstić information content (AvgIpc) is 3.61. The van der Waals surface area contributed by atoms with Gasteiger partial charge in [-0.15, -0.1) is 0 Å². The van der Waals surface area contributed by atoms with Crippen LogP contribution in [-0.2, 0) is 32.7 Å². The van der Waals surface area contributed by atoms with Gasteiger partial charge in [-0.2, -0.15) is 0 Å². The van der Waals surface area contributed by atoms with E-state index >= 15 is 0 Å². The van der Waals surface area contributed by atoms with E-state index in [-0.39, 0.29) is 32.0 Å². The lowest BCUT2D eigenvalue weighted by Crippen LogP contribution is -2.37. The number of phosphoric ester groups is 1. The predicted molar refractivity (Wildman–Crippen MR) is 362 cm³/mol. The van der Waals surface area contributed by atoms with E-state index in [2.05, 4.69) is 111 Å². The summed E-state index contributed by atoms with van der Waals surface area (Å²) in [6.07, 6.45) is 89.3. The Labute approximate surface area is 519 Å². The fourth-order valence-corrected chi connectivity index (χ4v) is 10.5. The Bertz CT molecular complexity index is 1740. The van der Waals surface area contributed by atoms with E-state index in [1.54, 1.807) is 0 Å². The van der Waals surface area contributed by atoms with Crippen LogP contribution < -0.4 is 0 Å². The molecule has 9 nitrogen and oxygen atoms in total. The summed E-state index contributed by atoms with van der Waals surface area (Å²) in [5.74, 6) is -0.790. The molecule has 0 aliphatic carbocycles. The average molecular weight is 1200 g/mol. The first kappa shape index (κ1) is 80.9. The van der Waals surface area contributed by atoms with Gasteiger partial charge in [-0.05, 0) is 96.3 Å². The van der Waals surface area contributed by atoms with Crippen molar-refractivity contribution in [1.82, 2.24) is 0 Å². The van der Waals surface area contributed by atoms with E-state index in [1.807, 2.05) is 21.1 Å². The normalized spacial score (nSPS) is 13.7. The lowest BCUT2D eigenvalue weighted by molar-refractivity contribution is -0.870. The third-order valence-corrected chi connectivity index (χ3v) is 16.1. The van der Waals surface area contributed by atoms with Crippen molar-refractivity contribution in [3.05, 3.63) is 97.2 Å². The number of esters is 2. The lowest BCUT2D eigenvalue weighted by Gasteiger charge is -2.24. The molecule has 2 unspecified atom stereocenters. The van der Waals surface area contributed by atoms with Crippen LogP contribution >= 0.6 is 7.82 Å². The molecule has 0 bridgehead atoms. The van der Waals surface area contributed by atoms with Crippen molar-refractivity contribution in [3.8, 4) is 0 Å². The van der Waals surface area contributed by atoms with Gasteiger partial charge in [-0.25, -0.2) is 4.57 Å². The Morgan fingerprint density at radius 2 is 0.679 bits per heavy atom. The molecule has 0 saturated heterocycles. The molecule has 1 N–H and O–H groups in total. The zero-order valence-electron chi connectivity index (χ0n) is 55.4. The Kier molecular flexibility index (Phi) is 62.1. The largest absolute Gasteiger partial charge is 0.472 e. The van der Waals surface area contributed by atoms with Gasteiger partial charge < -0.3 is 18.9 Å². The maximum atomic E-state index is 12.9. The van der Waals surface area contributed by atoms with Crippen LogP contribution in [0.3, 0.4) is 0 Å². The predicted octanol–water partition coefficient (Wildman–Crippen LogP) is 22.7. The maximum Gasteiger partial charge on any atom is 0.472 e. The zero-order valence-corrected chi connectivity index (χ0v) is 56.3. The molecule has 0 rings (SSSR count). The number of ether oxygens (including phenoxy) is 2. The number of quaternary nitrogens is 1. The molecule has 0 aromatic heterocycles. The zero-order chi connectivity index (χ0) is 61.2. The van der Waals surface area contributed by atoms with Gasteiger partial charge >= 0.3 is 19.8 Å². The summed E-state index contributed by atoms with van der Waals surface area (Å²) in [7, 11) is 1.48. The highest BCUT2D eigenvalue weighted by Gasteiger charge is 2.27. The number of nitrogens with zero attached hydrogens (tertiary/aromatic N) is 1. The fourth-order valence-electron chi connectivity index (χ4n) is 9.76. The Hall–Kier alpha value is -3.07. The van der Waals surface area contributed by atoms with Crippen LogP contribution in [0, 0.1) is 0 Å². The number of likely N-dealkylation sites (N-methyl/N-ethyl adjacent to an activating group) is 1. The molecule has 10 heteroatoms. The second kappa shape index (κ2) is 64.4. The fraction of sp³-hybridized carbons (Fsp3) is 0.757. The highest BCUT2D eigenvalue weighted by molar-refractivity contribution is 7.47. The summed E-state index contributed by atoms with van der Waals surface area (Å²) in [6.45, 7) is 4.34. The third kappa shape index (κ3) is 68.0. The van der Waals surface area contributed by atoms with Crippen LogP contribution in [-0.4, -0.2) is 74.9 Å². The summed E-state index contributed by atoms with van der Waals surface area (Å²) in [6, 6.07) is 0. The third-order valence-electron chi connectivity index (χ3n) is 15.1.